The number of amides is 4. The third kappa shape index (κ3) is 7.65. The Morgan fingerprint density at radius 3 is 1.63 bits per heavy atom. The fourth-order valence-electron chi connectivity index (χ4n) is 4.28. The number of allylic oxidation sites excluding steroid dienone is 3. The number of nitrogens with zero attached hydrogens (tertiary/aromatic N) is 2. The monoisotopic (exact) mass is 672 g/mol. The van der Waals surface area contributed by atoms with Crippen molar-refractivity contribution in [2.75, 3.05) is 14.1 Å². The summed E-state index contributed by atoms with van der Waals surface area (Å²) in [6.07, 6.45) is -1.78. The minimum atomic E-state index is -1.78. The fraction of sp³-hybridized carbons (Fsp3) is 0.195. The molecule has 2 atom stereocenters. The van der Waals surface area contributed by atoms with E-state index in [9.17, 15) is 24.0 Å². The molecule has 0 spiro atoms. The number of fused-ring (bicyclic) bond motifs is 2. The van der Waals surface area contributed by atoms with Crippen molar-refractivity contribution in [3.05, 3.63) is 153 Å². The fourth-order valence-corrected chi connectivity index (χ4v) is 4.28. The number of hydrogen-bond donors (Lipinski definition) is 0. The first kappa shape index (κ1) is 18.0. The van der Waals surface area contributed by atoms with E-state index in [0.717, 1.165) is 14.1 Å². The maximum Gasteiger partial charge on any atom is 0.261 e. The molecule has 8 nitrogen and oxygen atoms in total. The van der Waals surface area contributed by atoms with E-state index in [1.807, 2.05) is 0 Å². The molecule has 4 amide bonds. The highest BCUT2D eigenvalue weighted by atomic mass is 16.5. The quantitative estimate of drug-likeness (QED) is 0.166. The maximum absolute atomic E-state index is 13.3. The van der Waals surface area contributed by atoms with Crippen LogP contribution in [0.5, 0.6) is 11.5 Å². The Kier molecular flexibility index (Phi) is 5.33. The van der Waals surface area contributed by atoms with Crippen LogP contribution < -0.4 is 4.74 Å². The lowest BCUT2D eigenvalue weighted by Crippen LogP contribution is -2.26. The van der Waals surface area contributed by atoms with Crippen molar-refractivity contribution in [3.63, 3.8) is 0 Å². The van der Waals surface area contributed by atoms with Gasteiger partial charge in [-0.25, -0.2) is 0 Å². The Balaban J connectivity index is 0.000000209. The second kappa shape index (κ2) is 14.5. The van der Waals surface area contributed by atoms with Crippen molar-refractivity contribution in [3.8, 4) is 11.5 Å². The number of likely N-dealkylation sites (N-methyl/N-ethyl adjacent to an activating group) is 1. The van der Waals surface area contributed by atoms with E-state index in [4.69, 9.17) is 29.4 Å². The molecule has 49 heavy (non-hydrogen) atoms. The molecule has 1 aliphatic carbocycles. The van der Waals surface area contributed by atoms with Crippen molar-refractivity contribution in [1.29, 1.82) is 0 Å². The summed E-state index contributed by atoms with van der Waals surface area (Å²) in [5.74, 6) is -7.12. The second-order valence-electron chi connectivity index (χ2n) is 10.7. The van der Waals surface area contributed by atoms with Crippen molar-refractivity contribution in [2.24, 2.45) is 5.92 Å². The van der Waals surface area contributed by atoms with Gasteiger partial charge in [0.1, 0.15) is 11.5 Å². The second-order valence-corrected chi connectivity index (χ2v) is 10.7. The number of ether oxygens (including phenoxy) is 1. The van der Waals surface area contributed by atoms with E-state index in [-0.39, 0.29) is 65.0 Å². The minimum absolute atomic E-state index is 0.0634. The van der Waals surface area contributed by atoms with Crippen LogP contribution in [0.4, 0.5) is 0 Å². The van der Waals surface area contributed by atoms with Crippen LogP contribution in [0.2, 0.25) is 0 Å². The number of rotatable bonds is 4. The van der Waals surface area contributed by atoms with E-state index in [1.54, 1.807) is 13.8 Å². The topological polar surface area (TPSA) is 101 Å². The van der Waals surface area contributed by atoms with Crippen molar-refractivity contribution >= 4 is 29.4 Å². The Labute approximate surface area is 311 Å². The zero-order valence-corrected chi connectivity index (χ0v) is 27.0. The first-order valence-electron chi connectivity index (χ1n) is 23.5. The molecule has 7 rings (SSSR count). The minimum Gasteiger partial charge on any atom is -0.457 e. The third-order valence-electron chi connectivity index (χ3n) is 6.96. The molecule has 4 aromatic rings. The SMILES string of the molecule is [2H]C1=C(C(=O)c2c([2H])c([2H])c3c(c2[2H])C(=O)N(C)C3=O)C([2H])C2C(=O)N(C)C(=O)C2=C1[2H].[2H]c1c([2H])c(C)c([2H])c([2H])c1C.[2H]c1c([2H])c(Oc2c([2H])c([2H])c(C)c([2H])c2[2H])c([2H])c([2H])c1C. The van der Waals surface area contributed by atoms with Gasteiger partial charge in [-0.3, -0.25) is 33.8 Å². The lowest BCUT2D eigenvalue weighted by atomic mass is 9.85. The molecule has 0 saturated carbocycles. The normalized spacial score (nSPS) is 23.1. The molecule has 0 N–H and O–H groups in total. The Bertz CT molecular complexity index is 2790. The van der Waals surface area contributed by atoms with Gasteiger partial charge in [-0.15, -0.1) is 0 Å². The maximum atomic E-state index is 13.3. The van der Waals surface area contributed by atoms with Crippen molar-refractivity contribution < 1.29 is 53.4 Å². The summed E-state index contributed by atoms with van der Waals surface area (Å²) < 4.78 is 147. The first-order valence-corrected chi connectivity index (χ1v) is 14.4. The van der Waals surface area contributed by atoms with Gasteiger partial charge < -0.3 is 4.74 Å². The number of ketones is 1. The summed E-state index contributed by atoms with van der Waals surface area (Å²) in [4.78, 5) is 64.1. The van der Waals surface area contributed by atoms with Gasteiger partial charge in [0.2, 0.25) is 5.91 Å². The van der Waals surface area contributed by atoms with Gasteiger partial charge in [-0.1, -0.05) is 88.7 Å². The molecule has 0 bridgehead atoms. The van der Waals surface area contributed by atoms with E-state index in [0.29, 0.717) is 20.9 Å². The third-order valence-corrected chi connectivity index (χ3v) is 6.96. The Morgan fingerprint density at radius 2 is 1.12 bits per heavy atom. The van der Waals surface area contributed by atoms with Gasteiger partial charge in [0.15, 0.2) is 5.78 Å². The average Bonchev–Trinajstić information content (AvgIpc) is 3.67. The van der Waals surface area contributed by atoms with E-state index in [1.165, 1.54) is 13.8 Å². The average molecular weight is 673 g/mol. The molecule has 4 aromatic carbocycles. The van der Waals surface area contributed by atoms with Crippen LogP contribution in [-0.4, -0.2) is 53.3 Å². The summed E-state index contributed by atoms with van der Waals surface area (Å²) in [5, 5.41) is 0. The van der Waals surface area contributed by atoms with Crippen LogP contribution in [0.1, 0.15) is 84.4 Å². The molecule has 0 radical (unpaired) electrons. The largest absolute Gasteiger partial charge is 0.457 e. The van der Waals surface area contributed by atoms with Gasteiger partial charge in [-0.05, 0) is 70.3 Å². The molecular formula is C41H38N2O6. The number of Topliss-reactive ketones (excluding diaryl/α,β-unsaturated/α-hetero) is 1. The number of hydrogen-bond acceptors (Lipinski definition) is 6. The molecule has 3 aliphatic rings. The summed E-state index contributed by atoms with van der Waals surface area (Å²) in [6.45, 7) is 6.10. The van der Waals surface area contributed by atoms with Crippen LogP contribution in [0, 0.1) is 33.6 Å². The number of likely N-dealkylation sites (tertiary alicyclic amines) is 1. The van der Waals surface area contributed by atoms with Crippen molar-refractivity contribution in [2.45, 2.75) is 34.1 Å². The van der Waals surface area contributed by atoms with Crippen LogP contribution >= 0.6 is 0 Å². The van der Waals surface area contributed by atoms with E-state index < -0.39 is 130 Å². The highest BCUT2D eigenvalue weighted by Crippen LogP contribution is 2.35. The molecule has 2 aliphatic heterocycles. The van der Waals surface area contributed by atoms with Gasteiger partial charge in [0.25, 0.3) is 17.7 Å². The molecule has 1 saturated heterocycles. The summed E-state index contributed by atoms with van der Waals surface area (Å²) >= 11 is 0. The zero-order chi connectivity index (χ0) is 51.1. The molecule has 0 aromatic heterocycles. The molecule has 2 unspecified atom stereocenters. The summed E-state index contributed by atoms with van der Waals surface area (Å²) in [6, 6.07) is -6.53. The molecular weight excluding hydrogens is 616 g/mol. The highest BCUT2D eigenvalue weighted by Gasteiger charge is 2.43. The predicted octanol–water partition coefficient (Wildman–Crippen LogP) is 7.37. The van der Waals surface area contributed by atoms with E-state index in [2.05, 4.69) is 0 Å². The lowest BCUT2D eigenvalue weighted by Gasteiger charge is -2.15. The number of carbonyl (C=O) groups excluding carboxylic acids is 5. The Morgan fingerprint density at radius 1 is 0.653 bits per heavy atom. The van der Waals surface area contributed by atoms with Gasteiger partial charge in [0.05, 0.1) is 40.3 Å². The molecule has 2 heterocycles. The number of carbonyl (C=O) groups is 5. The smallest absolute Gasteiger partial charge is 0.261 e. The van der Waals surface area contributed by atoms with E-state index >= 15 is 0 Å². The number of imide groups is 2. The highest BCUT2D eigenvalue weighted by molar-refractivity contribution is 6.23. The van der Waals surface area contributed by atoms with Gasteiger partial charge in [0, 0.05) is 32.2 Å². The van der Waals surface area contributed by atoms with Crippen molar-refractivity contribution in [1.82, 2.24) is 9.80 Å². The lowest BCUT2D eigenvalue weighted by molar-refractivity contribution is -0.137. The predicted molar refractivity (Wildman–Crippen MR) is 188 cm³/mol. The Hall–Kier alpha value is -5.89. The van der Waals surface area contributed by atoms with Gasteiger partial charge in [-0.2, -0.15) is 0 Å². The molecule has 1 fully saturated rings. The summed E-state index contributed by atoms with van der Waals surface area (Å²) in [5.41, 5.74) is -1.75. The standard InChI is InChI=1S/C19H14N2O5.C14H14O.C8H10/c1-20-16(23)11-5-3-9(7-13(11)18(20)25)15(22)10-4-6-12-14(8-10)19(26)21(2)17(12)24;1-11-3-7-13(8-4-11)15-14-9-5-12(2)6-10-14;1-7-3-5-8(2)6-4-7/h3-7,14H,8H2,1-2H3;3-10H,1-2H3;3-6H,1-2H3/i3D,4D,5D,6D,7D,8D;3D,4D,5D,6D,7D,8D,9D,10D;3D,4D,5D,6D. The van der Waals surface area contributed by atoms with Crippen LogP contribution in [0.3, 0.4) is 0 Å². The van der Waals surface area contributed by atoms with Crippen LogP contribution in [0.15, 0.2) is 114 Å². The van der Waals surface area contributed by atoms with Crippen LogP contribution in [-0.2, 0) is 9.59 Å². The summed E-state index contributed by atoms with van der Waals surface area (Å²) in [7, 11) is 2.27. The van der Waals surface area contributed by atoms with Gasteiger partial charge >= 0.3 is 0 Å². The molecule has 8 heteroatoms. The van der Waals surface area contributed by atoms with Crippen LogP contribution in [0.25, 0.3) is 0 Å². The zero-order valence-electron chi connectivity index (χ0n) is 45.0. The number of benzene rings is 4. The molecule has 248 valence electrons. The first-order chi connectivity index (χ1) is 30.9.